The average molecular weight is 260 g/mol. The number of nitrogens with one attached hydrogen (secondary N) is 1. The number of rotatable bonds is 5. The molecule has 0 amide bonds. The van der Waals surface area contributed by atoms with E-state index in [1.807, 2.05) is 37.3 Å². The van der Waals surface area contributed by atoms with E-state index in [4.69, 9.17) is 22.4 Å². The van der Waals surface area contributed by atoms with Crippen LogP contribution in [-0.2, 0) is 6.42 Å². The van der Waals surface area contributed by atoms with Gasteiger partial charge < -0.3 is 15.5 Å². The van der Waals surface area contributed by atoms with Gasteiger partial charge >= 0.3 is 0 Å². The monoisotopic (exact) mass is 260 g/mol. The minimum Gasteiger partial charge on any atom is -0.469 e. The normalized spacial score (nSPS) is 10.3. The molecule has 0 saturated heterocycles. The molecule has 2 aromatic rings. The number of benzene rings is 1. The van der Waals surface area contributed by atoms with Gasteiger partial charge in [-0.15, -0.1) is 0 Å². The lowest BCUT2D eigenvalue weighted by Crippen LogP contribution is -2.11. The second kappa shape index (κ2) is 5.69. The van der Waals surface area contributed by atoms with Gasteiger partial charge in [-0.05, 0) is 42.8 Å². The number of nitrogens with two attached hydrogens (primary N) is 1. The Bertz CT molecular complexity index is 535. The molecule has 0 atom stereocenters. The van der Waals surface area contributed by atoms with Crippen molar-refractivity contribution >= 4 is 22.9 Å². The number of hydrogen-bond donors (Lipinski definition) is 2. The van der Waals surface area contributed by atoms with E-state index >= 15 is 0 Å². The van der Waals surface area contributed by atoms with Crippen LogP contribution in [0.2, 0.25) is 0 Å². The maximum Gasteiger partial charge on any atom is 0.105 e. The van der Waals surface area contributed by atoms with Gasteiger partial charge in [-0.2, -0.15) is 0 Å². The zero-order chi connectivity index (χ0) is 13.0. The van der Waals surface area contributed by atoms with Crippen LogP contribution in [-0.4, -0.2) is 11.5 Å². The van der Waals surface area contributed by atoms with Crippen LogP contribution >= 0.6 is 12.2 Å². The smallest absolute Gasteiger partial charge is 0.105 e. The highest BCUT2D eigenvalue weighted by Gasteiger charge is 2.02. The maximum absolute atomic E-state index is 5.60. The first-order chi connectivity index (χ1) is 8.66. The molecule has 0 radical (unpaired) electrons. The summed E-state index contributed by atoms with van der Waals surface area (Å²) in [5.74, 6) is 0.986. The molecule has 0 fully saturated rings. The molecule has 0 unspecified atom stereocenters. The third-order valence-corrected chi connectivity index (χ3v) is 3.01. The molecule has 0 aliphatic rings. The summed E-state index contributed by atoms with van der Waals surface area (Å²) in [5, 5.41) is 3.37. The molecule has 2 rings (SSSR count). The van der Waals surface area contributed by atoms with Crippen molar-refractivity contribution in [3.63, 3.8) is 0 Å². The highest BCUT2D eigenvalue weighted by molar-refractivity contribution is 7.80. The van der Waals surface area contributed by atoms with Crippen molar-refractivity contribution in [2.75, 3.05) is 11.9 Å². The third-order valence-electron chi connectivity index (χ3n) is 2.78. The van der Waals surface area contributed by atoms with Crippen molar-refractivity contribution in [3.05, 3.63) is 53.5 Å². The van der Waals surface area contributed by atoms with E-state index in [1.165, 1.54) is 0 Å². The summed E-state index contributed by atoms with van der Waals surface area (Å²) in [6, 6.07) is 9.82. The van der Waals surface area contributed by atoms with Crippen LogP contribution in [0.4, 0.5) is 5.69 Å². The maximum atomic E-state index is 5.60. The van der Waals surface area contributed by atoms with Gasteiger partial charge in [-0.1, -0.05) is 12.2 Å². The highest BCUT2D eigenvalue weighted by atomic mass is 32.1. The Labute approximate surface area is 112 Å². The van der Waals surface area contributed by atoms with Crippen LogP contribution in [0.15, 0.2) is 41.0 Å². The fourth-order valence-electron chi connectivity index (χ4n) is 1.79. The molecule has 1 heterocycles. The Kier molecular flexibility index (Phi) is 3.99. The number of anilines is 1. The molecule has 3 nitrogen and oxygen atoms in total. The van der Waals surface area contributed by atoms with Crippen molar-refractivity contribution < 1.29 is 4.42 Å². The van der Waals surface area contributed by atoms with Crippen molar-refractivity contribution in [2.24, 2.45) is 5.73 Å². The number of furan rings is 1. The molecular weight excluding hydrogens is 244 g/mol. The van der Waals surface area contributed by atoms with Gasteiger partial charge in [-0.3, -0.25) is 0 Å². The van der Waals surface area contributed by atoms with Crippen LogP contribution in [0, 0.1) is 6.92 Å². The first kappa shape index (κ1) is 12.6. The van der Waals surface area contributed by atoms with E-state index in [9.17, 15) is 0 Å². The minimum absolute atomic E-state index is 0.431. The van der Waals surface area contributed by atoms with Gasteiger partial charge in [0.15, 0.2) is 0 Å². The quantitative estimate of drug-likeness (QED) is 0.812. The molecule has 1 aromatic carbocycles. The minimum atomic E-state index is 0.431. The topological polar surface area (TPSA) is 51.2 Å². The van der Waals surface area contributed by atoms with Crippen molar-refractivity contribution in [2.45, 2.75) is 13.3 Å². The van der Waals surface area contributed by atoms with Gasteiger partial charge in [0.05, 0.1) is 6.26 Å². The van der Waals surface area contributed by atoms with Gasteiger partial charge in [0.1, 0.15) is 10.7 Å². The first-order valence-electron chi connectivity index (χ1n) is 5.83. The summed E-state index contributed by atoms with van der Waals surface area (Å²) >= 11 is 4.95. The Hall–Kier alpha value is -1.81. The Morgan fingerprint density at radius 3 is 2.83 bits per heavy atom. The van der Waals surface area contributed by atoms with Crippen molar-refractivity contribution in [3.8, 4) is 0 Å². The summed E-state index contributed by atoms with van der Waals surface area (Å²) in [7, 11) is 0. The van der Waals surface area contributed by atoms with E-state index in [0.717, 1.165) is 35.5 Å². The molecule has 3 N–H and O–H groups in total. The van der Waals surface area contributed by atoms with E-state index in [1.54, 1.807) is 6.26 Å². The number of thiocarbonyl (C=S) groups is 1. The molecule has 0 aliphatic heterocycles. The Balaban J connectivity index is 1.95. The largest absolute Gasteiger partial charge is 0.469 e. The fourth-order valence-corrected chi connectivity index (χ4v) is 1.92. The summed E-state index contributed by atoms with van der Waals surface area (Å²) in [6.07, 6.45) is 2.56. The fraction of sp³-hybridized carbons (Fsp3) is 0.214. The molecule has 18 heavy (non-hydrogen) atoms. The molecule has 1 aromatic heterocycles. The summed E-state index contributed by atoms with van der Waals surface area (Å²) in [6.45, 7) is 2.87. The SMILES string of the molecule is Cc1cc(C(N)=S)ccc1NCCc1ccco1. The van der Waals surface area contributed by atoms with Gasteiger partial charge in [-0.25, -0.2) is 0 Å². The predicted molar refractivity (Wildman–Crippen MR) is 78.0 cm³/mol. The zero-order valence-electron chi connectivity index (χ0n) is 10.3. The molecule has 0 spiro atoms. The van der Waals surface area contributed by atoms with Gasteiger partial charge in [0.25, 0.3) is 0 Å². The predicted octanol–water partition coefficient (Wildman–Crippen LogP) is 2.88. The van der Waals surface area contributed by atoms with E-state index in [-0.39, 0.29) is 0 Å². The lowest BCUT2D eigenvalue weighted by Gasteiger charge is -2.10. The molecule has 0 aliphatic carbocycles. The lowest BCUT2D eigenvalue weighted by atomic mass is 10.1. The number of hydrogen-bond acceptors (Lipinski definition) is 3. The van der Waals surface area contributed by atoms with Gasteiger partial charge in [0, 0.05) is 24.2 Å². The highest BCUT2D eigenvalue weighted by Crippen LogP contribution is 2.16. The second-order valence-corrected chi connectivity index (χ2v) is 4.59. The second-order valence-electron chi connectivity index (χ2n) is 4.15. The van der Waals surface area contributed by atoms with Crippen LogP contribution in [0.3, 0.4) is 0 Å². The summed E-state index contributed by atoms with van der Waals surface area (Å²) in [5.41, 5.74) is 8.73. The molecular formula is C14H16N2OS. The van der Waals surface area contributed by atoms with E-state index in [0.29, 0.717) is 4.99 Å². The van der Waals surface area contributed by atoms with Gasteiger partial charge in [0.2, 0.25) is 0 Å². The first-order valence-corrected chi connectivity index (χ1v) is 6.24. The lowest BCUT2D eigenvalue weighted by molar-refractivity contribution is 0.513. The summed E-state index contributed by atoms with van der Waals surface area (Å²) < 4.78 is 5.28. The van der Waals surface area contributed by atoms with E-state index < -0.39 is 0 Å². The van der Waals surface area contributed by atoms with E-state index in [2.05, 4.69) is 5.32 Å². The van der Waals surface area contributed by atoms with Crippen LogP contribution in [0.1, 0.15) is 16.9 Å². The van der Waals surface area contributed by atoms with Crippen LogP contribution < -0.4 is 11.1 Å². The molecule has 94 valence electrons. The average Bonchev–Trinajstić information content (AvgIpc) is 2.84. The zero-order valence-corrected chi connectivity index (χ0v) is 11.1. The standard InChI is InChI=1S/C14H16N2OS/c1-10-9-11(14(15)18)4-5-13(10)16-7-6-12-3-2-8-17-12/h2-5,8-9,16H,6-7H2,1H3,(H2,15,18). The number of aryl methyl sites for hydroxylation is 1. The van der Waals surface area contributed by atoms with Crippen LogP contribution in [0.25, 0.3) is 0 Å². The van der Waals surface area contributed by atoms with Crippen LogP contribution in [0.5, 0.6) is 0 Å². The third kappa shape index (κ3) is 3.11. The molecule has 4 heteroatoms. The summed E-state index contributed by atoms with van der Waals surface area (Å²) in [4.78, 5) is 0.431. The Morgan fingerprint density at radius 1 is 1.39 bits per heavy atom. The van der Waals surface area contributed by atoms with Crippen molar-refractivity contribution in [1.82, 2.24) is 0 Å². The molecule has 0 saturated carbocycles. The van der Waals surface area contributed by atoms with Crippen molar-refractivity contribution in [1.29, 1.82) is 0 Å². The molecule has 0 bridgehead atoms. The Morgan fingerprint density at radius 2 is 2.22 bits per heavy atom.